The Kier molecular flexibility index (Phi) is 5.95. The molecule has 0 spiro atoms. The normalized spacial score (nSPS) is 16.1. The smallest absolute Gasteiger partial charge is 0.233 e. The van der Waals surface area contributed by atoms with Crippen molar-refractivity contribution < 1.29 is 23.7 Å². The van der Waals surface area contributed by atoms with E-state index in [4.69, 9.17) is 18.9 Å². The van der Waals surface area contributed by atoms with Gasteiger partial charge in [-0.2, -0.15) is 0 Å². The molecular weight excluding hydrogens is 350 g/mol. The lowest BCUT2D eigenvalue weighted by atomic mass is 10.1. The van der Waals surface area contributed by atoms with Crippen molar-refractivity contribution in [2.45, 2.75) is 18.9 Å². The third-order valence-corrected chi connectivity index (χ3v) is 4.41. The summed E-state index contributed by atoms with van der Waals surface area (Å²) in [5.41, 5.74) is 0.878. The van der Waals surface area contributed by atoms with E-state index in [-0.39, 0.29) is 12.0 Å². The highest BCUT2D eigenvalue weighted by molar-refractivity contribution is 5.79. The quantitative estimate of drug-likeness (QED) is 0.731. The first-order valence-electron chi connectivity index (χ1n) is 8.66. The summed E-state index contributed by atoms with van der Waals surface area (Å²) in [5, 5.41) is 7.84. The molecule has 1 aromatic heterocycles. The summed E-state index contributed by atoms with van der Waals surface area (Å²) in [6.07, 6.45) is 0.961. The molecule has 27 heavy (non-hydrogen) atoms. The van der Waals surface area contributed by atoms with Crippen molar-refractivity contribution in [2.24, 2.45) is 0 Å². The second-order valence-electron chi connectivity index (χ2n) is 6.15. The van der Waals surface area contributed by atoms with E-state index in [1.807, 2.05) is 12.1 Å². The van der Waals surface area contributed by atoms with Crippen molar-refractivity contribution in [3.05, 3.63) is 35.9 Å². The Morgan fingerprint density at radius 1 is 1.04 bits per heavy atom. The maximum atomic E-state index is 12.6. The molecule has 2 heterocycles. The molecule has 1 atom stereocenters. The van der Waals surface area contributed by atoms with Gasteiger partial charge in [-0.15, -0.1) is 10.2 Å². The van der Waals surface area contributed by atoms with Crippen LogP contribution in [0.15, 0.2) is 30.3 Å². The zero-order chi connectivity index (χ0) is 19.2. The van der Waals surface area contributed by atoms with Crippen LogP contribution in [0, 0.1) is 0 Å². The second kappa shape index (κ2) is 8.57. The molecule has 1 aliphatic rings. The van der Waals surface area contributed by atoms with Crippen LogP contribution in [0.3, 0.4) is 0 Å². The van der Waals surface area contributed by atoms with Gasteiger partial charge in [-0.05, 0) is 17.7 Å². The molecule has 1 amide bonds. The monoisotopic (exact) mass is 373 g/mol. The van der Waals surface area contributed by atoms with E-state index < -0.39 is 0 Å². The van der Waals surface area contributed by atoms with Crippen LogP contribution in [0.1, 0.15) is 12.0 Å². The number of methoxy groups -OCH3 is 3. The van der Waals surface area contributed by atoms with Crippen molar-refractivity contribution in [1.82, 2.24) is 15.1 Å². The third kappa shape index (κ3) is 4.58. The molecular formula is C19H23N3O5. The number of likely N-dealkylation sites (tertiary alicyclic amines) is 1. The van der Waals surface area contributed by atoms with Crippen LogP contribution in [-0.2, 0) is 11.2 Å². The van der Waals surface area contributed by atoms with Gasteiger partial charge in [-0.25, -0.2) is 0 Å². The van der Waals surface area contributed by atoms with Crippen molar-refractivity contribution in [2.75, 3.05) is 34.4 Å². The third-order valence-electron chi connectivity index (χ3n) is 4.41. The van der Waals surface area contributed by atoms with Crippen LogP contribution in [0.5, 0.6) is 23.3 Å². The van der Waals surface area contributed by atoms with Crippen molar-refractivity contribution in [3.63, 3.8) is 0 Å². The Morgan fingerprint density at radius 2 is 1.78 bits per heavy atom. The molecule has 2 aromatic rings. The van der Waals surface area contributed by atoms with Crippen molar-refractivity contribution in [3.8, 4) is 23.3 Å². The van der Waals surface area contributed by atoms with Gasteiger partial charge in [0.05, 0.1) is 34.3 Å². The zero-order valence-corrected chi connectivity index (χ0v) is 15.7. The molecule has 8 nitrogen and oxygen atoms in total. The number of hydrogen-bond acceptors (Lipinski definition) is 7. The molecule has 0 radical (unpaired) electrons. The Bertz CT molecular complexity index is 781. The first kappa shape index (κ1) is 18.8. The minimum absolute atomic E-state index is 0.0501. The summed E-state index contributed by atoms with van der Waals surface area (Å²) in [7, 11) is 4.69. The Hall–Kier alpha value is -3.03. The molecule has 1 aromatic carbocycles. The zero-order valence-electron chi connectivity index (χ0n) is 15.7. The number of benzene rings is 1. The van der Waals surface area contributed by atoms with Gasteiger partial charge in [0.1, 0.15) is 6.10 Å². The van der Waals surface area contributed by atoms with Crippen LogP contribution in [0.4, 0.5) is 0 Å². The second-order valence-corrected chi connectivity index (χ2v) is 6.15. The fourth-order valence-electron chi connectivity index (χ4n) is 2.98. The van der Waals surface area contributed by atoms with Gasteiger partial charge in [0.15, 0.2) is 11.5 Å². The van der Waals surface area contributed by atoms with E-state index in [0.717, 1.165) is 12.0 Å². The van der Waals surface area contributed by atoms with Crippen LogP contribution < -0.4 is 18.9 Å². The average molecular weight is 373 g/mol. The summed E-state index contributed by atoms with van der Waals surface area (Å²) in [6, 6.07) is 8.90. The number of ether oxygens (including phenoxy) is 4. The summed E-state index contributed by atoms with van der Waals surface area (Å²) in [6.45, 7) is 1.18. The summed E-state index contributed by atoms with van der Waals surface area (Å²) in [5.74, 6) is 2.16. The highest BCUT2D eigenvalue weighted by Gasteiger charge is 2.28. The van der Waals surface area contributed by atoms with Gasteiger partial charge in [0.25, 0.3) is 0 Å². The molecule has 1 unspecified atom stereocenters. The number of nitrogens with zero attached hydrogens (tertiary/aromatic N) is 3. The summed E-state index contributed by atoms with van der Waals surface area (Å²) < 4.78 is 21.3. The van der Waals surface area contributed by atoms with E-state index in [2.05, 4.69) is 10.2 Å². The number of aromatic nitrogens is 2. The van der Waals surface area contributed by atoms with Crippen molar-refractivity contribution >= 4 is 5.91 Å². The highest BCUT2D eigenvalue weighted by Crippen LogP contribution is 2.28. The molecule has 0 saturated carbocycles. The van der Waals surface area contributed by atoms with Crippen LogP contribution in [-0.4, -0.2) is 61.5 Å². The number of hydrogen-bond donors (Lipinski definition) is 0. The summed E-state index contributed by atoms with van der Waals surface area (Å²) in [4.78, 5) is 14.4. The minimum Gasteiger partial charge on any atom is -0.493 e. The SMILES string of the molecule is COc1ccc(OC2CCN(C(=O)Cc3ccc(OC)c(OC)c3)C2)nn1. The molecule has 8 heteroatoms. The topological polar surface area (TPSA) is 83.0 Å². The molecule has 1 aliphatic heterocycles. The fraction of sp³-hybridized carbons (Fsp3) is 0.421. The first-order chi connectivity index (χ1) is 13.1. The van der Waals surface area contributed by atoms with Gasteiger partial charge in [0, 0.05) is 25.1 Å². The minimum atomic E-state index is -0.0953. The number of carbonyl (C=O) groups is 1. The van der Waals surface area contributed by atoms with Gasteiger partial charge in [0.2, 0.25) is 17.7 Å². The maximum absolute atomic E-state index is 12.6. The predicted molar refractivity (Wildman–Crippen MR) is 97.4 cm³/mol. The van der Waals surface area contributed by atoms with Crippen molar-refractivity contribution in [1.29, 1.82) is 0 Å². The van der Waals surface area contributed by atoms with Crippen LogP contribution in [0.2, 0.25) is 0 Å². The maximum Gasteiger partial charge on any atom is 0.233 e. The average Bonchev–Trinajstić information content (AvgIpc) is 3.17. The predicted octanol–water partition coefficient (Wildman–Crippen LogP) is 1.72. The lowest BCUT2D eigenvalue weighted by Gasteiger charge is -2.17. The van der Waals surface area contributed by atoms with Crippen LogP contribution in [0.25, 0.3) is 0 Å². The summed E-state index contributed by atoms with van der Waals surface area (Å²) >= 11 is 0. The van der Waals surface area contributed by atoms with Crippen LogP contribution >= 0.6 is 0 Å². The molecule has 0 bridgehead atoms. The number of carbonyl (C=O) groups excluding carboxylic acids is 1. The van der Waals surface area contributed by atoms with E-state index >= 15 is 0 Å². The lowest BCUT2D eigenvalue weighted by Crippen LogP contribution is -2.32. The van der Waals surface area contributed by atoms with E-state index in [9.17, 15) is 4.79 Å². The first-order valence-corrected chi connectivity index (χ1v) is 8.66. The highest BCUT2D eigenvalue weighted by atomic mass is 16.5. The van der Waals surface area contributed by atoms with Gasteiger partial charge in [-0.3, -0.25) is 4.79 Å². The number of rotatable bonds is 7. The fourth-order valence-corrected chi connectivity index (χ4v) is 2.98. The molecule has 1 fully saturated rings. The Labute approximate surface area is 158 Å². The molecule has 3 rings (SSSR count). The lowest BCUT2D eigenvalue weighted by molar-refractivity contribution is -0.129. The van der Waals surface area contributed by atoms with Gasteiger partial charge >= 0.3 is 0 Å². The molecule has 0 aliphatic carbocycles. The Morgan fingerprint density at radius 3 is 2.44 bits per heavy atom. The largest absolute Gasteiger partial charge is 0.493 e. The van der Waals surface area contributed by atoms with E-state index in [1.54, 1.807) is 37.3 Å². The van der Waals surface area contributed by atoms with E-state index in [1.165, 1.54) is 7.11 Å². The molecule has 1 saturated heterocycles. The van der Waals surface area contributed by atoms with Gasteiger partial charge in [-0.1, -0.05) is 6.07 Å². The molecule has 0 N–H and O–H groups in total. The Balaban J connectivity index is 1.55. The standard InChI is InChI=1S/C19H23N3O5/c1-24-15-5-4-13(10-16(15)25-2)11-19(23)22-9-8-14(12-22)27-18-7-6-17(26-3)20-21-18/h4-7,10,14H,8-9,11-12H2,1-3H3. The van der Waals surface area contributed by atoms with Gasteiger partial charge < -0.3 is 23.8 Å². The number of amides is 1. The van der Waals surface area contributed by atoms with E-state index in [0.29, 0.717) is 42.8 Å². The molecule has 144 valence electrons.